The molecule has 156 valence electrons. The number of carbonyl (C=O) groups is 1. The Balaban J connectivity index is 0.00000338. The van der Waals surface area contributed by atoms with Crippen molar-refractivity contribution < 1.29 is 22.7 Å². The van der Waals surface area contributed by atoms with E-state index in [0.717, 1.165) is 0 Å². The average Bonchev–Trinajstić information content (AvgIpc) is 2.54. The van der Waals surface area contributed by atoms with Gasteiger partial charge in [0.25, 0.3) is 5.91 Å². The van der Waals surface area contributed by atoms with Crippen LogP contribution in [-0.4, -0.2) is 66.8 Å². The van der Waals surface area contributed by atoms with Crippen LogP contribution in [0, 0.1) is 0 Å². The number of halogens is 5. The topological polar surface area (TPSA) is 66.5 Å². The molecule has 0 radical (unpaired) electrons. The number of hydrogen-bond acceptors (Lipinski definition) is 5. The number of rotatable bonds is 6. The van der Waals surface area contributed by atoms with Crippen LogP contribution in [0.5, 0.6) is 5.75 Å². The second kappa shape index (κ2) is 11.5. The molecule has 1 amide bonds. The van der Waals surface area contributed by atoms with Crippen LogP contribution < -0.4 is 15.4 Å². The van der Waals surface area contributed by atoms with Gasteiger partial charge in [-0.25, -0.2) is 4.98 Å². The summed E-state index contributed by atoms with van der Waals surface area (Å²) in [6.45, 7) is 4.61. The number of piperazine rings is 1. The summed E-state index contributed by atoms with van der Waals surface area (Å²) in [6, 6.07) is 1.45. The van der Waals surface area contributed by atoms with Crippen LogP contribution in [0.1, 0.15) is 24.3 Å². The first-order valence-electron chi connectivity index (χ1n) is 8.20. The zero-order chi connectivity index (χ0) is 18.4. The minimum absolute atomic E-state index is 0. The molecule has 2 N–H and O–H groups in total. The van der Waals surface area contributed by atoms with Crippen LogP contribution in [0.15, 0.2) is 18.3 Å². The Labute approximate surface area is 169 Å². The Morgan fingerprint density at radius 1 is 1.33 bits per heavy atom. The summed E-state index contributed by atoms with van der Waals surface area (Å²) in [5.74, 6) is -0.429. The van der Waals surface area contributed by atoms with E-state index in [0.29, 0.717) is 13.1 Å². The highest BCUT2D eigenvalue weighted by molar-refractivity contribution is 5.94. The highest BCUT2D eigenvalue weighted by Crippen LogP contribution is 2.25. The number of alkyl halides is 3. The smallest absolute Gasteiger partial charge is 0.405 e. The van der Waals surface area contributed by atoms with Crippen molar-refractivity contribution in [2.45, 2.75) is 32.2 Å². The van der Waals surface area contributed by atoms with Gasteiger partial charge in [0.1, 0.15) is 6.04 Å². The van der Waals surface area contributed by atoms with Crippen LogP contribution in [0.2, 0.25) is 0 Å². The Kier molecular flexibility index (Phi) is 11.0. The van der Waals surface area contributed by atoms with E-state index < -0.39 is 24.7 Å². The van der Waals surface area contributed by atoms with Gasteiger partial charge in [-0.3, -0.25) is 9.69 Å². The van der Waals surface area contributed by atoms with Crippen molar-refractivity contribution in [1.82, 2.24) is 20.5 Å². The van der Waals surface area contributed by atoms with Crippen LogP contribution in [0.3, 0.4) is 0 Å². The van der Waals surface area contributed by atoms with Gasteiger partial charge in [0.2, 0.25) is 0 Å². The van der Waals surface area contributed by atoms with E-state index in [1.54, 1.807) is 26.0 Å². The Morgan fingerprint density at radius 2 is 1.96 bits per heavy atom. The number of amides is 1. The van der Waals surface area contributed by atoms with Crippen molar-refractivity contribution in [3.8, 4) is 5.75 Å². The Bertz CT molecular complexity index is 585. The van der Waals surface area contributed by atoms with E-state index in [-0.39, 0.29) is 55.5 Å². The van der Waals surface area contributed by atoms with Crippen molar-refractivity contribution in [3.63, 3.8) is 0 Å². The second-order valence-electron chi connectivity index (χ2n) is 6.07. The molecule has 1 saturated heterocycles. The molecular weight excluding hydrogens is 408 g/mol. The first-order chi connectivity index (χ1) is 11.8. The Hall–Kier alpha value is -1.29. The van der Waals surface area contributed by atoms with Crippen molar-refractivity contribution >= 4 is 30.7 Å². The molecule has 1 fully saturated rings. The summed E-state index contributed by atoms with van der Waals surface area (Å²) in [5.41, 5.74) is -0.0163. The number of carbonyl (C=O) groups excluding carboxylic acids is 1. The van der Waals surface area contributed by atoms with E-state index in [9.17, 15) is 18.0 Å². The van der Waals surface area contributed by atoms with Gasteiger partial charge in [-0.1, -0.05) is 0 Å². The molecule has 2 rings (SSSR count). The van der Waals surface area contributed by atoms with Crippen LogP contribution in [0.25, 0.3) is 0 Å². The molecule has 1 aliphatic rings. The van der Waals surface area contributed by atoms with Crippen LogP contribution in [0.4, 0.5) is 13.2 Å². The van der Waals surface area contributed by atoms with Gasteiger partial charge in [-0.05, 0) is 26.0 Å². The molecule has 1 aromatic rings. The molecule has 6 nitrogen and oxygen atoms in total. The minimum Gasteiger partial charge on any atom is -0.489 e. The predicted molar refractivity (Wildman–Crippen MR) is 101 cm³/mol. The third-order valence-corrected chi connectivity index (χ3v) is 3.77. The number of aromatic nitrogens is 1. The predicted octanol–water partition coefficient (Wildman–Crippen LogP) is 2.28. The number of nitrogens with one attached hydrogen (secondary N) is 2. The molecule has 0 aliphatic carbocycles. The minimum atomic E-state index is -4.42. The quantitative estimate of drug-likeness (QED) is 0.721. The van der Waals surface area contributed by atoms with Crippen molar-refractivity contribution in [2.24, 2.45) is 0 Å². The van der Waals surface area contributed by atoms with Gasteiger partial charge in [0.15, 0.2) is 11.4 Å². The summed E-state index contributed by atoms with van der Waals surface area (Å²) in [6.07, 6.45) is -3.20. The third-order valence-electron chi connectivity index (χ3n) is 3.77. The highest BCUT2D eigenvalue weighted by Gasteiger charge is 2.44. The van der Waals surface area contributed by atoms with Crippen LogP contribution >= 0.6 is 24.8 Å². The first kappa shape index (κ1) is 25.7. The zero-order valence-corrected chi connectivity index (χ0v) is 16.7. The van der Waals surface area contributed by atoms with Gasteiger partial charge >= 0.3 is 6.18 Å². The summed E-state index contributed by atoms with van der Waals surface area (Å²) < 4.78 is 45.6. The molecule has 11 heteroatoms. The molecular formula is C16H25Cl2F3N4O2. The van der Waals surface area contributed by atoms with Crippen molar-refractivity contribution in [3.05, 3.63) is 24.0 Å². The SMILES string of the molecule is CC(C)Oc1cccnc1C(=O)NCC(N1CCNCC1)C(F)(F)F.Cl.Cl. The van der Waals surface area contributed by atoms with Gasteiger partial charge < -0.3 is 15.4 Å². The maximum Gasteiger partial charge on any atom is 0.405 e. The Morgan fingerprint density at radius 3 is 2.52 bits per heavy atom. The van der Waals surface area contributed by atoms with Gasteiger partial charge in [0.05, 0.1) is 6.10 Å². The van der Waals surface area contributed by atoms with E-state index >= 15 is 0 Å². The fourth-order valence-corrected chi connectivity index (χ4v) is 2.63. The lowest BCUT2D eigenvalue weighted by atomic mass is 10.2. The number of ether oxygens (including phenoxy) is 1. The maximum atomic E-state index is 13.4. The molecule has 0 spiro atoms. The fourth-order valence-electron chi connectivity index (χ4n) is 2.63. The van der Waals surface area contributed by atoms with E-state index in [1.807, 2.05) is 0 Å². The summed E-state index contributed by atoms with van der Waals surface area (Å²) in [7, 11) is 0. The molecule has 0 saturated carbocycles. The standard InChI is InChI=1S/C16H23F3N4O2.2ClH/c1-11(2)25-12-4-3-5-21-14(12)15(24)22-10-13(16(17,18)19)23-8-6-20-7-9-23;;/h3-5,11,13,20H,6-10H2,1-2H3,(H,22,24);2*1H. The third kappa shape index (κ3) is 7.69. The largest absolute Gasteiger partial charge is 0.489 e. The molecule has 1 unspecified atom stereocenters. The normalized spacial score (nSPS) is 16.1. The van der Waals surface area contributed by atoms with E-state index in [4.69, 9.17) is 4.74 Å². The number of nitrogens with zero attached hydrogens (tertiary/aromatic N) is 2. The summed E-state index contributed by atoms with van der Waals surface area (Å²) in [4.78, 5) is 17.6. The fraction of sp³-hybridized carbons (Fsp3) is 0.625. The van der Waals surface area contributed by atoms with Gasteiger partial charge in [-0.15, -0.1) is 24.8 Å². The lowest BCUT2D eigenvalue weighted by molar-refractivity contribution is -0.183. The molecule has 2 heterocycles. The summed E-state index contributed by atoms with van der Waals surface area (Å²) >= 11 is 0. The first-order valence-corrected chi connectivity index (χ1v) is 8.20. The molecule has 1 aliphatic heterocycles. The zero-order valence-electron chi connectivity index (χ0n) is 15.1. The van der Waals surface area contributed by atoms with Crippen molar-refractivity contribution in [1.29, 1.82) is 0 Å². The average molecular weight is 433 g/mol. The number of hydrogen-bond donors (Lipinski definition) is 2. The molecule has 27 heavy (non-hydrogen) atoms. The number of pyridine rings is 1. The lowest BCUT2D eigenvalue weighted by Gasteiger charge is -2.35. The maximum absolute atomic E-state index is 13.4. The molecule has 1 aromatic heterocycles. The highest BCUT2D eigenvalue weighted by atomic mass is 35.5. The summed E-state index contributed by atoms with van der Waals surface area (Å²) in [5, 5.41) is 5.37. The molecule has 1 atom stereocenters. The van der Waals surface area contributed by atoms with Crippen molar-refractivity contribution in [2.75, 3.05) is 32.7 Å². The van der Waals surface area contributed by atoms with Gasteiger partial charge in [-0.2, -0.15) is 13.2 Å². The molecule has 0 aromatic carbocycles. The lowest BCUT2D eigenvalue weighted by Crippen LogP contribution is -2.57. The van der Waals surface area contributed by atoms with E-state index in [2.05, 4.69) is 15.6 Å². The monoisotopic (exact) mass is 432 g/mol. The van der Waals surface area contributed by atoms with Gasteiger partial charge in [0, 0.05) is 38.9 Å². The second-order valence-corrected chi connectivity index (χ2v) is 6.07. The van der Waals surface area contributed by atoms with Crippen LogP contribution in [-0.2, 0) is 0 Å². The van der Waals surface area contributed by atoms with E-state index in [1.165, 1.54) is 11.1 Å². The molecule has 0 bridgehead atoms.